The summed E-state index contributed by atoms with van der Waals surface area (Å²) in [6, 6.07) is 18.1. The van der Waals surface area contributed by atoms with Gasteiger partial charge in [-0.05, 0) is 47.8 Å². The van der Waals surface area contributed by atoms with E-state index in [2.05, 4.69) is 5.32 Å². The van der Waals surface area contributed by atoms with E-state index >= 15 is 0 Å². The Hall–Kier alpha value is -3.32. The summed E-state index contributed by atoms with van der Waals surface area (Å²) in [7, 11) is 3.14. The second kappa shape index (κ2) is 7.60. The highest BCUT2D eigenvalue weighted by Crippen LogP contribution is 2.47. The van der Waals surface area contributed by atoms with E-state index in [1.54, 1.807) is 55.5 Å². The van der Waals surface area contributed by atoms with Crippen LogP contribution < -0.4 is 19.7 Å². The van der Waals surface area contributed by atoms with Crippen LogP contribution in [0.25, 0.3) is 0 Å². The Bertz CT molecular complexity index is 1030. The largest absolute Gasteiger partial charge is 0.497 e. The molecule has 1 aliphatic rings. The Morgan fingerprint density at radius 3 is 2.41 bits per heavy atom. The van der Waals surface area contributed by atoms with Crippen LogP contribution in [0.3, 0.4) is 0 Å². The average molecular weight is 408 g/mol. The molecule has 2 aromatic carbocycles. The molecule has 0 spiro atoms. The maximum Gasteiger partial charge on any atom is 0.256 e. The van der Waals surface area contributed by atoms with Gasteiger partial charge < -0.3 is 14.8 Å². The maximum atomic E-state index is 13.6. The van der Waals surface area contributed by atoms with Gasteiger partial charge >= 0.3 is 0 Å². The van der Waals surface area contributed by atoms with Crippen molar-refractivity contribution in [1.29, 1.82) is 0 Å². The standard InChI is InChI=1S/C22H20N2O4S/c1-27-16-11-9-15(10-12-16)24-20(25)14-22(24,19-8-5-13-29-19)21(26)23-17-6-3-4-7-18(17)28-2/h3-13H,14H2,1-2H3,(H,23,26). The van der Waals surface area contributed by atoms with Gasteiger partial charge in [-0.1, -0.05) is 18.2 Å². The van der Waals surface area contributed by atoms with Crippen LogP contribution in [-0.4, -0.2) is 26.0 Å². The molecule has 7 heteroatoms. The summed E-state index contributed by atoms with van der Waals surface area (Å²) in [5, 5.41) is 4.86. The van der Waals surface area contributed by atoms with E-state index in [9.17, 15) is 9.59 Å². The zero-order valence-corrected chi connectivity index (χ0v) is 16.9. The number of thiophene rings is 1. The summed E-state index contributed by atoms with van der Waals surface area (Å²) >= 11 is 1.45. The first kappa shape index (κ1) is 19.0. The van der Waals surface area contributed by atoms with Gasteiger partial charge in [0.05, 0.1) is 26.3 Å². The molecule has 1 atom stereocenters. The molecule has 148 valence electrons. The summed E-state index contributed by atoms with van der Waals surface area (Å²) in [4.78, 5) is 28.6. The number of para-hydroxylation sites is 2. The third-order valence-electron chi connectivity index (χ3n) is 5.03. The highest BCUT2D eigenvalue weighted by Gasteiger charge is 2.59. The number of methoxy groups -OCH3 is 2. The number of carbonyl (C=O) groups is 2. The van der Waals surface area contributed by atoms with Gasteiger partial charge in [-0.15, -0.1) is 11.3 Å². The van der Waals surface area contributed by atoms with Crippen LogP contribution in [0.15, 0.2) is 66.0 Å². The molecule has 1 aliphatic heterocycles. The molecule has 0 bridgehead atoms. The highest BCUT2D eigenvalue weighted by atomic mass is 32.1. The van der Waals surface area contributed by atoms with E-state index < -0.39 is 5.54 Å². The van der Waals surface area contributed by atoms with Crippen LogP contribution in [0.4, 0.5) is 11.4 Å². The monoisotopic (exact) mass is 408 g/mol. The molecule has 1 unspecified atom stereocenters. The third kappa shape index (κ3) is 3.13. The Balaban J connectivity index is 1.75. The fourth-order valence-electron chi connectivity index (χ4n) is 3.57. The van der Waals surface area contributed by atoms with Crippen molar-refractivity contribution in [3.8, 4) is 11.5 Å². The fourth-order valence-corrected chi connectivity index (χ4v) is 4.48. The Kier molecular flexibility index (Phi) is 4.98. The molecule has 2 heterocycles. The fraction of sp³-hybridized carbons (Fsp3) is 0.182. The van der Waals surface area contributed by atoms with Crippen molar-refractivity contribution in [2.45, 2.75) is 12.0 Å². The average Bonchev–Trinajstić information content (AvgIpc) is 3.27. The van der Waals surface area contributed by atoms with Crippen LogP contribution >= 0.6 is 11.3 Å². The lowest BCUT2D eigenvalue weighted by Gasteiger charge is -2.49. The first-order valence-corrected chi connectivity index (χ1v) is 9.93. The first-order valence-electron chi connectivity index (χ1n) is 9.05. The van der Waals surface area contributed by atoms with E-state index in [1.165, 1.54) is 11.3 Å². The van der Waals surface area contributed by atoms with E-state index in [0.29, 0.717) is 22.9 Å². The molecule has 1 aromatic heterocycles. The third-order valence-corrected chi connectivity index (χ3v) is 6.05. The molecule has 29 heavy (non-hydrogen) atoms. The number of nitrogens with zero attached hydrogens (tertiary/aromatic N) is 1. The maximum absolute atomic E-state index is 13.6. The zero-order valence-electron chi connectivity index (χ0n) is 16.0. The molecule has 2 amide bonds. The summed E-state index contributed by atoms with van der Waals surface area (Å²) in [6.07, 6.45) is 0.0977. The minimum Gasteiger partial charge on any atom is -0.497 e. The van der Waals surface area contributed by atoms with Crippen LogP contribution in [0, 0.1) is 0 Å². The second-order valence-electron chi connectivity index (χ2n) is 6.60. The van der Waals surface area contributed by atoms with Crippen molar-refractivity contribution in [3.63, 3.8) is 0 Å². The number of benzene rings is 2. The van der Waals surface area contributed by atoms with Gasteiger partial charge in [0.25, 0.3) is 5.91 Å². The predicted octanol–water partition coefficient (Wildman–Crippen LogP) is 4.04. The number of hydrogen-bond donors (Lipinski definition) is 1. The van der Waals surface area contributed by atoms with Gasteiger partial charge in [0.1, 0.15) is 11.5 Å². The molecular formula is C22H20N2O4S. The molecule has 6 nitrogen and oxygen atoms in total. The lowest BCUT2D eigenvalue weighted by Crippen LogP contribution is -2.67. The quantitative estimate of drug-likeness (QED) is 0.625. The lowest BCUT2D eigenvalue weighted by atomic mass is 9.80. The van der Waals surface area contributed by atoms with Crippen molar-refractivity contribution in [2.75, 3.05) is 24.4 Å². The van der Waals surface area contributed by atoms with Gasteiger partial charge in [0.15, 0.2) is 5.54 Å². The lowest BCUT2D eigenvalue weighted by molar-refractivity contribution is -0.137. The van der Waals surface area contributed by atoms with Crippen LogP contribution in [-0.2, 0) is 15.1 Å². The number of β-lactam (4-membered cyclic amide) rings is 1. The molecule has 1 fully saturated rings. The number of carbonyl (C=O) groups excluding carboxylic acids is 2. The number of ether oxygens (including phenoxy) is 2. The van der Waals surface area contributed by atoms with Crippen LogP contribution in [0.5, 0.6) is 11.5 Å². The summed E-state index contributed by atoms with van der Waals surface area (Å²) < 4.78 is 10.6. The van der Waals surface area contributed by atoms with Crippen molar-refractivity contribution in [1.82, 2.24) is 0 Å². The Labute approximate surface area is 172 Å². The molecule has 1 N–H and O–H groups in total. The number of amides is 2. The van der Waals surface area contributed by atoms with Gasteiger partial charge in [0.2, 0.25) is 5.91 Å². The number of anilines is 2. The summed E-state index contributed by atoms with van der Waals surface area (Å²) in [5.41, 5.74) is 0.0938. The molecular weight excluding hydrogens is 388 g/mol. The predicted molar refractivity (Wildman–Crippen MR) is 113 cm³/mol. The Morgan fingerprint density at radius 1 is 1.03 bits per heavy atom. The number of hydrogen-bond acceptors (Lipinski definition) is 5. The molecule has 4 rings (SSSR count). The minimum atomic E-state index is -1.11. The second-order valence-corrected chi connectivity index (χ2v) is 7.54. The van der Waals surface area contributed by atoms with E-state index in [0.717, 1.165) is 4.88 Å². The first-order chi connectivity index (χ1) is 14.1. The van der Waals surface area contributed by atoms with Crippen LogP contribution in [0.1, 0.15) is 11.3 Å². The SMILES string of the molecule is COc1ccc(N2C(=O)CC2(C(=O)Nc2ccccc2OC)c2cccs2)cc1. The minimum absolute atomic E-state index is 0.0977. The van der Waals surface area contributed by atoms with Crippen molar-refractivity contribution >= 4 is 34.5 Å². The van der Waals surface area contributed by atoms with Crippen molar-refractivity contribution in [2.24, 2.45) is 0 Å². The summed E-state index contributed by atoms with van der Waals surface area (Å²) in [6.45, 7) is 0. The van der Waals surface area contributed by atoms with Gasteiger partial charge in [-0.3, -0.25) is 14.5 Å². The zero-order chi connectivity index (χ0) is 20.4. The number of rotatable bonds is 6. The van der Waals surface area contributed by atoms with Crippen molar-refractivity contribution in [3.05, 3.63) is 70.9 Å². The van der Waals surface area contributed by atoms with E-state index in [4.69, 9.17) is 9.47 Å². The molecule has 3 aromatic rings. The van der Waals surface area contributed by atoms with Gasteiger partial charge in [-0.2, -0.15) is 0 Å². The van der Waals surface area contributed by atoms with Crippen LogP contribution in [0.2, 0.25) is 0 Å². The number of nitrogens with one attached hydrogen (secondary N) is 1. The topological polar surface area (TPSA) is 67.9 Å². The molecule has 1 saturated heterocycles. The van der Waals surface area contributed by atoms with Crippen molar-refractivity contribution < 1.29 is 19.1 Å². The van der Waals surface area contributed by atoms with E-state index in [-0.39, 0.29) is 18.2 Å². The molecule has 0 radical (unpaired) electrons. The molecule has 0 saturated carbocycles. The normalized spacial score (nSPS) is 18.1. The Morgan fingerprint density at radius 2 is 1.79 bits per heavy atom. The highest BCUT2D eigenvalue weighted by molar-refractivity contribution is 7.10. The van der Waals surface area contributed by atoms with E-state index in [1.807, 2.05) is 29.6 Å². The summed E-state index contributed by atoms with van der Waals surface area (Å²) in [5.74, 6) is 0.851. The van der Waals surface area contributed by atoms with Gasteiger partial charge in [-0.25, -0.2) is 0 Å². The smallest absolute Gasteiger partial charge is 0.256 e. The van der Waals surface area contributed by atoms with Gasteiger partial charge in [0, 0.05) is 10.6 Å². The molecule has 0 aliphatic carbocycles.